The number of benzene rings is 1. The molecule has 1 aromatic heterocycles. The molecule has 1 aromatic carbocycles. The van der Waals surface area contributed by atoms with Crippen molar-refractivity contribution < 1.29 is 9.53 Å². The third-order valence-corrected chi connectivity index (χ3v) is 4.07. The van der Waals surface area contributed by atoms with E-state index in [1.54, 1.807) is 24.2 Å². The number of methoxy groups -OCH3 is 1. The Morgan fingerprint density at radius 3 is 2.71 bits per heavy atom. The van der Waals surface area contributed by atoms with Gasteiger partial charge in [-0.15, -0.1) is 12.4 Å². The molecule has 7 heteroatoms. The number of carbonyl (C=O) groups excluding carboxylic acids is 1. The van der Waals surface area contributed by atoms with Crippen LogP contribution in [0.4, 0.5) is 0 Å². The van der Waals surface area contributed by atoms with Crippen molar-refractivity contribution in [1.82, 2.24) is 20.4 Å². The number of amides is 1. The predicted octanol–water partition coefficient (Wildman–Crippen LogP) is 1.84. The van der Waals surface area contributed by atoms with E-state index in [0.29, 0.717) is 12.1 Å². The molecule has 24 heavy (non-hydrogen) atoms. The van der Waals surface area contributed by atoms with Crippen LogP contribution in [0.15, 0.2) is 36.7 Å². The van der Waals surface area contributed by atoms with Crippen LogP contribution >= 0.6 is 12.4 Å². The smallest absolute Gasteiger partial charge is 0.254 e. The Balaban J connectivity index is 0.00000208. The fraction of sp³-hybridized carbons (Fsp3) is 0.412. The number of nitrogens with one attached hydrogen (secondary N) is 2. The first-order valence-electron chi connectivity index (χ1n) is 7.91. The Morgan fingerprint density at radius 2 is 2.04 bits per heavy atom. The minimum absolute atomic E-state index is 0. The van der Waals surface area contributed by atoms with Crippen LogP contribution in [0.2, 0.25) is 0 Å². The standard InChI is InChI=1S/C17H22N4O2.ClH/c1-23-16-4-2-13(3-5-16)11-21-12-14(10-19-21)17(22)20-15-6-8-18-9-7-15;/h2-5,10,12,15,18H,6-9,11H2,1H3,(H,20,22);1H. The van der Waals surface area contributed by atoms with E-state index in [1.165, 1.54) is 0 Å². The fourth-order valence-electron chi connectivity index (χ4n) is 2.72. The highest BCUT2D eigenvalue weighted by Gasteiger charge is 2.17. The number of hydrogen-bond acceptors (Lipinski definition) is 4. The molecule has 1 amide bonds. The van der Waals surface area contributed by atoms with Gasteiger partial charge in [-0.2, -0.15) is 5.10 Å². The average Bonchev–Trinajstić information content (AvgIpc) is 3.05. The largest absolute Gasteiger partial charge is 0.497 e. The second-order valence-electron chi connectivity index (χ2n) is 5.77. The topological polar surface area (TPSA) is 68.2 Å². The van der Waals surface area contributed by atoms with E-state index >= 15 is 0 Å². The van der Waals surface area contributed by atoms with Gasteiger partial charge in [0.2, 0.25) is 0 Å². The molecule has 1 fully saturated rings. The van der Waals surface area contributed by atoms with Crippen molar-refractivity contribution in [3.63, 3.8) is 0 Å². The molecule has 3 rings (SSSR count). The van der Waals surface area contributed by atoms with Crippen LogP contribution in [-0.4, -0.2) is 41.9 Å². The van der Waals surface area contributed by atoms with Crippen LogP contribution in [0.5, 0.6) is 5.75 Å². The van der Waals surface area contributed by atoms with E-state index in [2.05, 4.69) is 15.7 Å². The molecule has 0 unspecified atom stereocenters. The van der Waals surface area contributed by atoms with Crippen molar-refractivity contribution in [1.29, 1.82) is 0 Å². The molecular weight excluding hydrogens is 328 g/mol. The van der Waals surface area contributed by atoms with Gasteiger partial charge in [0, 0.05) is 12.2 Å². The molecule has 0 atom stereocenters. The van der Waals surface area contributed by atoms with Gasteiger partial charge in [0.1, 0.15) is 5.75 Å². The van der Waals surface area contributed by atoms with Crippen LogP contribution in [0, 0.1) is 0 Å². The third-order valence-electron chi connectivity index (χ3n) is 4.07. The summed E-state index contributed by atoms with van der Waals surface area (Å²) in [5.74, 6) is 0.786. The van der Waals surface area contributed by atoms with Gasteiger partial charge in [0.05, 0.1) is 25.4 Å². The number of nitrogens with zero attached hydrogens (tertiary/aromatic N) is 2. The summed E-state index contributed by atoms with van der Waals surface area (Å²) < 4.78 is 6.92. The monoisotopic (exact) mass is 350 g/mol. The molecule has 1 saturated heterocycles. The third kappa shape index (κ3) is 4.72. The quantitative estimate of drug-likeness (QED) is 0.863. The summed E-state index contributed by atoms with van der Waals surface area (Å²) in [4.78, 5) is 12.3. The molecular formula is C17H23ClN4O2. The minimum Gasteiger partial charge on any atom is -0.497 e. The van der Waals surface area contributed by atoms with Crippen molar-refractivity contribution in [2.75, 3.05) is 20.2 Å². The Bertz CT molecular complexity index is 651. The van der Waals surface area contributed by atoms with Gasteiger partial charge in [-0.3, -0.25) is 9.48 Å². The highest BCUT2D eigenvalue weighted by molar-refractivity contribution is 5.93. The van der Waals surface area contributed by atoms with Crippen LogP contribution in [0.25, 0.3) is 0 Å². The molecule has 1 aliphatic rings. The van der Waals surface area contributed by atoms with Crippen LogP contribution in [0.3, 0.4) is 0 Å². The molecule has 1 aliphatic heterocycles. The number of piperidine rings is 1. The first kappa shape index (κ1) is 18.3. The predicted molar refractivity (Wildman–Crippen MR) is 94.9 cm³/mol. The first-order valence-corrected chi connectivity index (χ1v) is 7.91. The molecule has 0 bridgehead atoms. The number of ether oxygens (including phenoxy) is 1. The van der Waals surface area contributed by atoms with Gasteiger partial charge < -0.3 is 15.4 Å². The Labute approximate surface area is 148 Å². The van der Waals surface area contributed by atoms with Crippen molar-refractivity contribution >= 4 is 18.3 Å². The van der Waals surface area contributed by atoms with Gasteiger partial charge >= 0.3 is 0 Å². The van der Waals surface area contributed by atoms with Crippen LogP contribution < -0.4 is 15.4 Å². The zero-order valence-corrected chi connectivity index (χ0v) is 14.5. The second kappa shape index (κ2) is 8.70. The van der Waals surface area contributed by atoms with E-state index in [4.69, 9.17) is 4.74 Å². The second-order valence-corrected chi connectivity index (χ2v) is 5.77. The Kier molecular flexibility index (Phi) is 6.63. The SMILES string of the molecule is COc1ccc(Cn2cc(C(=O)NC3CCNCC3)cn2)cc1.Cl. The maximum Gasteiger partial charge on any atom is 0.254 e. The molecule has 0 radical (unpaired) electrons. The van der Waals surface area contributed by atoms with E-state index in [-0.39, 0.29) is 24.4 Å². The molecule has 130 valence electrons. The summed E-state index contributed by atoms with van der Waals surface area (Å²) in [5.41, 5.74) is 1.72. The number of aromatic nitrogens is 2. The maximum absolute atomic E-state index is 12.3. The lowest BCUT2D eigenvalue weighted by Gasteiger charge is -2.23. The van der Waals surface area contributed by atoms with Crippen molar-refractivity contribution in [3.8, 4) is 5.75 Å². The normalized spacial score (nSPS) is 14.7. The molecule has 6 nitrogen and oxygen atoms in total. The van der Waals surface area contributed by atoms with Gasteiger partial charge in [0.15, 0.2) is 0 Å². The molecule has 2 aromatic rings. The molecule has 0 spiro atoms. The lowest BCUT2D eigenvalue weighted by molar-refractivity contribution is 0.0929. The molecule has 0 aliphatic carbocycles. The lowest BCUT2D eigenvalue weighted by atomic mass is 10.1. The molecule has 2 N–H and O–H groups in total. The average molecular weight is 351 g/mol. The van der Waals surface area contributed by atoms with Gasteiger partial charge in [-0.25, -0.2) is 0 Å². The summed E-state index contributed by atoms with van der Waals surface area (Å²) in [6.07, 6.45) is 5.37. The van der Waals surface area contributed by atoms with Crippen LogP contribution in [-0.2, 0) is 6.54 Å². The van der Waals surface area contributed by atoms with E-state index in [9.17, 15) is 4.79 Å². The van der Waals surface area contributed by atoms with Crippen molar-refractivity contribution in [3.05, 3.63) is 47.8 Å². The number of halogens is 1. The first-order chi connectivity index (χ1) is 11.2. The van der Waals surface area contributed by atoms with Gasteiger partial charge in [-0.05, 0) is 43.6 Å². The van der Waals surface area contributed by atoms with Crippen molar-refractivity contribution in [2.24, 2.45) is 0 Å². The van der Waals surface area contributed by atoms with Gasteiger partial charge in [-0.1, -0.05) is 12.1 Å². The molecule has 2 heterocycles. The highest BCUT2D eigenvalue weighted by atomic mass is 35.5. The fourth-order valence-corrected chi connectivity index (χ4v) is 2.72. The lowest BCUT2D eigenvalue weighted by Crippen LogP contribution is -2.42. The van der Waals surface area contributed by atoms with Crippen LogP contribution in [0.1, 0.15) is 28.8 Å². The van der Waals surface area contributed by atoms with Crippen molar-refractivity contribution in [2.45, 2.75) is 25.4 Å². The summed E-state index contributed by atoms with van der Waals surface area (Å²) in [6, 6.07) is 8.09. The van der Waals surface area contributed by atoms with E-state index in [1.807, 2.05) is 24.3 Å². The highest BCUT2D eigenvalue weighted by Crippen LogP contribution is 2.12. The maximum atomic E-state index is 12.3. The minimum atomic E-state index is -0.0436. The van der Waals surface area contributed by atoms with E-state index < -0.39 is 0 Å². The van der Waals surface area contributed by atoms with Gasteiger partial charge in [0.25, 0.3) is 5.91 Å². The molecule has 0 saturated carbocycles. The number of hydrogen-bond donors (Lipinski definition) is 2. The summed E-state index contributed by atoms with van der Waals surface area (Å²) in [6.45, 7) is 2.55. The van der Waals surface area contributed by atoms with E-state index in [0.717, 1.165) is 37.2 Å². The zero-order chi connectivity index (χ0) is 16.1. The number of carbonyl (C=O) groups is 1. The summed E-state index contributed by atoms with van der Waals surface area (Å²) in [5, 5.41) is 10.6. The summed E-state index contributed by atoms with van der Waals surface area (Å²) >= 11 is 0. The Morgan fingerprint density at radius 1 is 1.33 bits per heavy atom. The Hall–Kier alpha value is -2.05. The zero-order valence-electron chi connectivity index (χ0n) is 13.7. The number of rotatable bonds is 5. The summed E-state index contributed by atoms with van der Waals surface area (Å²) in [7, 11) is 1.65.